The summed E-state index contributed by atoms with van der Waals surface area (Å²) in [5, 5.41) is 8.59. The number of hydrogen-bond donors (Lipinski definition) is 1. The Morgan fingerprint density at radius 3 is 2.42 bits per heavy atom. The molecule has 1 aliphatic rings. The molecule has 0 saturated carbocycles. The summed E-state index contributed by atoms with van der Waals surface area (Å²) in [6.45, 7) is -1.73. The van der Waals surface area contributed by atoms with E-state index in [-0.39, 0.29) is 10.6 Å². The monoisotopic (exact) mass is 389 g/mol. The third-order valence-electron chi connectivity index (χ3n) is 3.75. The molecule has 2 atom stereocenters. The van der Waals surface area contributed by atoms with Crippen LogP contribution in [0, 0.1) is 17.7 Å². The molecule has 24 heavy (non-hydrogen) atoms. The number of sulfonamides is 1. The van der Waals surface area contributed by atoms with Crippen molar-refractivity contribution in [3.8, 4) is 0 Å². The normalized spacial score (nSPS) is 22.7. The Morgan fingerprint density at radius 2 is 1.96 bits per heavy atom. The van der Waals surface area contributed by atoms with Gasteiger partial charge in [-0.05, 0) is 17.7 Å². The summed E-state index contributed by atoms with van der Waals surface area (Å²) in [6, 6.07) is 3.14. The molecule has 1 aliphatic heterocycles. The lowest BCUT2D eigenvalue weighted by atomic mass is 9.96. The summed E-state index contributed by atoms with van der Waals surface area (Å²) in [5.41, 5.74) is 0.0868. The van der Waals surface area contributed by atoms with E-state index >= 15 is 0 Å². The van der Waals surface area contributed by atoms with Gasteiger partial charge in [-0.2, -0.15) is 13.2 Å². The minimum atomic E-state index is -4.83. The second kappa shape index (κ2) is 6.49. The number of nitrogens with zero attached hydrogens (tertiary/aromatic N) is 1. The zero-order chi connectivity index (χ0) is 18.3. The average Bonchev–Trinajstić information content (AvgIpc) is 2.89. The van der Waals surface area contributed by atoms with E-state index < -0.39 is 58.7 Å². The van der Waals surface area contributed by atoms with Gasteiger partial charge in [-0.15, -0.1) is 0 Å². The molecule has 1 saturated heterocycles. The highest BCUT2D eigenvalue weighted by molar-refractivity contribution is 7.88. The van der Waals surface area contributed by atoms with E-state index in [2.05, 4.69) is 0 Å². The largest absolute Gasteiger partial charge is 0.481 e. The van der Waals surface area contributed by atoms with Crippen molar-refractivity contribution in [2.75, 3.05) is 13.1 Å². The van der Waals surface area contributed by atoms with Gasteiger partial charge in [-0.1, -0.05) is 17.7 Å². The fourth-order valence-electron chi connectivity index (χ4n) is 2.51. The highest BCUT2D eigenvalue weighted by Gasteiger charge is 2.54. The molecule has 0 spiro atoms. The van der Waals surface area contributed by atoms with E-state index in [0.717, 1.165) is 18.2 Å². The van der Waals surface area contributed by atoms with Crippen molar-refractivity contribution < 1.29 is 35.9 Å². The maximum Gasteiger partial charge on any atom is 0.393 e. The number of carboxylic acid groups (broad SMARTS) is 1. The molecule has 0 aromatic heterocycles. The summed E-state index contributed by atoms with van der Waals surface area (Å²) in [4.78, 5) is 11.0. The van der Waals surface area contributed by atoms with Crippen molar-refractivity contribution in [1.82, 2.24) is 4.31 Å². The Bertz CT molecular complexity index is 753. The lowest BCUT2D eigenvalue weighted by Crippen LogP contribution is -2.34. The first-order chi connectivity index (χ1) is 10.9. The fourth-order valence-corrected chi connectivity index (χ4v) is 4.27. The highest BCUT2D eigenvalue weighted by Crippen LogP contribution is 2.39. The molecule has 1 heterocycles. The predicted molar refractivity (Wildman–Crippen MR) is 76.3 cm³/mol. The molecular formula is C13H12ClF4NO4S. The van der Waals surface area contributed by atoms with E-state index in [1.54, 1.807) is 0 Å². The molecule has 134 valence electrons. The van der Waals surface area contributed by atoms with Crippen LogP contribution >= 0.6 is 11.6 Å². The second-order valence-electron chi connectivity index (χ2n) is 5.41. The van der Waals surface area contributed by atoms with Crippen LogP contribution in [0.5, 0.6) is 0 Å². The molecule has 1 N–H and O–H groups in total. The molecule has 5 nitrogen and oxygen atoms in total. The Kier molecular flexibility index (Phi) is 5.12. The zero-order valence-electron chi connectivity index (χ0n) is 11.9. The van der Waals surface area contributed by atoms with Gasteiger partial charge >= 0.3 is 12.1 Å². The van der Waals surface area contributed by atoms with E-state index in [1.165, 1.54) is 0 Å². The topological polar surface area (TPSA) is 74.7 Å². The van der Waals surface area contributed by atoms with Gasteiger partial charge in [0, 0.05) is 13.1 Å². The van der Waals surface area contributed by atoms with Crippen LogP contribution in [0.15, 0.2) is 18.2 Å². The van der Waals surface area contributed by atoms with Crippen molar-refractivity contribution in [2.24, 2.45) is 11.8 Å². The first-order valence-electron chi connectivity index (χ1n) is 6.63. The number of alkyl halides is 3. The smallest absolute Gasteiger partial charge is 0.393 e. The molecule has 2 rings (SSSR count). The lowest BCUT2D eigenvalue weighted by molar-refractivity contribution is -0.187. The number of carbonyl (C=O) groups is 1. The summed E-state index contributed by atoms with van der Waals surface area (Å²) in [6.07, 6.45) is -4.83. The fraction of sp³-hybridized carbons (Fsp3) is 0.462. The molecule has 1 aromatic carbocycles. The Hall–Kier alpha value is -1.39. The van der Waals surface area contributed by atoms with Gasteiger partial charge in [0.15, 0.2) is 0 Å². The lowest BCUT2D eigenvalue weighted by Gasteiger charge is -2.18. The quantitative estimate of drug-likeness (QED) is 0.803. The van der Waals surface area contributed by atoms with Crippen molar-refractivity contribution in [1.29, 1.82) is 0 Å². The number of halogens is 5. The summed E-state index contributed by atoms with van der Waals surface area (Å²) < 4.78 is 76.8. The zero-order valence-corrected chi connectivity index (χ0v) is 13.5. The molecule has 0 radical (unpaired) electrons. The van der Waals surface area contributed by atoms with Crippen LogP contribution in [-0.2, 0) is 20.6 Å². The summed E-state index contributed by atoms with van der Waals surface area (Å²) in [5.74, 6) is -7.32. The molecular weight excluding hydrogens is 378 g/mol. The van der Waals surface area contributed by atoms with E-state index in [4.69, 9.17) is 16.7 Å². The molecule has 0 amide bonds. The number of aliphatic carboxylic acids is 1. The van der Waals surface area contributed by atoms with E-state index in [1.807, 2.05) is 0 Å². The van der Waals surface area contributed by atoms with Gasteiger partial charge in [0.05, 0.1) is 22.6 Å². The van der Waals surface area contributed by atoms with Crippen molar-refractivity contribution >= 4 is 27.6 Å². The average molecular weight is 390 g/mol. The third-order valence-corrected chi connectivity index (χ3v) is 5.82. The van der Waals surface area contributed by atoms with Gasteiger partial charge in [-0.3, -0.25) is 4.79 Å². The Labute approximate surface area is 139 Å². The standard InChI is InChI=1S/C13H12ClF4NO4S/c14-10-3-7(1-2-11(10)15)6-24(22,23)19-4-8(12(20)21)9(5-19)13(16,17)18/h1-3,8-9H,4-6H2,(H,20,21)/t8-,9-/m1/s1. The molecule has 0 unspecified atom stereocenters. The minimum Gasteiger partial charge on any atom is -0.481 e. The summed E-state index contributed by atoms with van der Waals surface area (Å²) in [7, 11) is -4.21. The summed E-state index contributed by atoms with van der Waals surface area (Å²) >= 11 is 5.54. The van der Waals surface area contributed by atoms with Crippen molar-refractivity contribution in [3.63, 3.8) is 0 Å². The number of rotatable bonds is 4. The SMILES string of the molecule is O=C(O)[C@@H]1CN(S(=O)(=O)Cc2ccc(F)c(Cl)c2)C[C@H]1C(F)(F)F. The van der Waals surface area contributed by atoms with Crippen LogP contribution < -0.4 is 0 Å². The van der Waals surface area contributed by atoms with Gasteiger partial charge in [-0.25, -0.2) is 17.1 Å². The highest BCUT2D eigenvalue weighted by atomic mass is 35.5. The van der Waals surface area contributed by atoms with E-state index in [9.17, 15) is 30.8 Å². The van der Waals surface area contributed by atoms with Crippen LogP contribution in [0.2, 0.25) is 5.02 Å². The molecule has 1 fully saturated rings. The van der Waals surface area contributed by atoms with Crippen LogP contribution in [0.25, 0.3) is 0 Å². The maximum atomic E-state index is 13.1. The first kappa shape index (κ1) is 18.9. The van der Waals surface area contributed by atoms with Crippen LogP contribution in [0.1, 0.15) is 5.56 Å². The third kappa shape index (κ3) is 3.98. The minimum absolute atomic E-state index is 0.0868. The van der Waals surface area contributed by atoms with E-state index in [0.29, 0.717) is 4.31 Å². The predicted octanol–water partition coefficient (Wildman–Crippen LogP) is 2.50. The van der Waals surface area contributed by atoms with Gasteiger partial charge in [0.25, 0.3) is 0 Å². The maximum absolute atomic E-state index is 13.1. The Balaban J connectivity index is 2.23. The second-order valence-corrected chi connectivity index (χ2v) is 7.79. The van der Waals surface area contributed by atoms with Crippen molar-refractivity contribution in [2.45, 2.75) is 11.9 Å². The van der Waals surface area contributed by atoms with Crippen LogP contribution in [-0.4, -0.2) is 43.1 Å². The van der Waals surface area contributed by atoms with Gasteiger partial charge in [0.2, 0.25) is 10.0 Å². The molecule has 0 bridgehead atoms. The number of carboxylic acids is 1. The van der Waals surface area contributed by atoms with Crippen LogP contribution in [0.3, 0.4) is 0 Å². The van der Waals surface area contributed by atoms with Crippen molar-refractivity contribution in [3.05, 3.63) is 34.6 Å². The van der Waals surface area contributed by atoms with Gasteiger partial charge < -0.3 is 5.11 Å². The van der Waals surface area contributed by atoms with Gasteiger partial charge in [0.1, 0.15) is 5.82 Å². The van der Waals surface area contributed by atoms with Crippen LogP contribution in [0.4, 0.5) is 17.6 Å². The number of benzene rings is 1. The first-order valence-corrected chi connectivity index (χ1v) is 8.62. The number of hydrogen-bond acceptors (Lipinski definition) is 3. The molecule has 1 aromatic rings. The molecule has 0 aliphatic carbocycles. The molecule has 11 heteroatoms. The Morgan fingerprint density at radius 1 is 1.33 bits per heavy atom.